The summed E-state index contributed by atoms with van der Waals surface area (Å²) >= 11 is 9.86. The fourth-order valence-corrected chi connectivity index (χ4v) is 4.18. The number of carbonyl (C=O) groups excluding carboxylic acids is 1. The van der Waals surface area contributed by atoms with E-state index in [0.29, 0.717) is 23.1 Å². The Labute approximate surface area is 180 Å². The highest BCUT2D eigenvalue weighted by atomic mass is 79.9. The van der Waals surface area contributed by atoms with Gasteiger partial charge in [-0.3, -0.25) is 9.88 Å². The Balaban J connectivity index is 1.61. The zero-order chi connectivity index (χ0) is 20.5. The molecule has 1 atom stereocenters. The van der Waals surface area contributed by atoms with E-state index in [1.54, 1.807) is 23.4 Å². The molecule has 1 aliphatic heterocycles. The third-order valence-corrected chi connectivity index (χ3v) is 5.69. The normalized spacial score (nSPS) is 15.9. The van der Waals surface area contributed by atoms with Gasteiger partial charge in [0.05, 0.1) is 51.3 Å². The van der Waals surface area contributed by atoms with Gasteiger partial charge in [-0.15, -0.1) is 4.80 Å². The molecule has 9 nitrogen and oxygen atoms in total. The molecule has 3 aromatic rings. The molecule has 150 valence electrons. The molecule has 0 radical (unpaired) electrons. The molecular formula is C18H18BrClN8O. The van der Waals surface area contributed by atoms with E-state index in [4.69, 9.17) is 11.6 Å². The summed E-state index contributed by atoms with van der Waals surface area (Å²) in [7, 11) is 2.03. The van der Waals surface area contributed by atoms with Crippen LogP contribution in [0.4, 0.5) is 21.9 Å². The molecule has 0 bridgehead atoms. The number of urea groups is 1. The van der Waals surface area contributed by atoms with Crippen LogP contribution >= 0.6 is 27.5 Å². The molecule has 1 unspecified atom stereocenters. The van der Waals surface area contributed by atoms with Crippen LogP contribution in [-0.2, 0) is 0 Å². The Hall–Kier alpha value is -2.72. The predicted molar refractivity (Wildman–Crippen MR) is 115 cm³/mol. The summed E-state index contributed by atoms with van der Waals surface area (Å²) in [5.41, 5.74) is 2.15. The minimum atomic E-state index is -0.277. The molecule has 3 aromatic heterocycles. The SMILES string of the molecule is CCC1CN(C(=O)Nc2cnc(-n3nccn3)c(Cl)c2)c2cncc(Br)c2N1C. The number of fused-ring (bicyclic) bond motifs is 1. The highest BCUT2D eigenvalue weighted by Crippen LogP contribution is 2.40. The van der Waals surface area contributed by atoms with E-state index < -0.39 is 0 Å². The maximum atomic E-state index is 13.1. The lowest BCUT2D eigenvalue weighted by atomic mass is 10.1. The molecule has 0 saturated carbocycles. The van der Waals surface area contributed by atoms with Crippen molar-refractivity contribution in [2.45, 2.75) is 19.4 Å². The fourth-order valence-electron chi connectivity index (χ4n) is 3.34. The first-order valence-corrected chi connectivity index (χ1v) is 10.1. The predicted octanol–water partition coefficient (Wildman–Crippen LogP) is 3.74. The van der Waals surface area contributed by atoms with Gasteiger partial charge in [-0.1, -0.05) is 18.5 Å². The first kappa shape index (κ1) is 19.6. The van der Waals surface area contributed by atoms with Crippen molar-refractivity contribution in [2.24, 2.45) is 0 Å². The van der Waals surface area contributed by atoms with Gasteiger partial charge >= 0.3 is 6.03 Å². The number of hydrogen-bond donors (Lipinski definition) is 1. The van der Waals surface area contributed by atoms with E-state index in [-0.39, 0.29) is 12.1 Å². The van der Waals surface area contributed by atoms with Crippen molar-refractivity contribution in [3.63, 3.8) is 0 Å². The molecule has 1 N–H and O–H groups in total. The third kappa shape index (κ3) is 3.65. The van der Waals surface area contributed by atoms with Crippen LogP contribution in [0.25, 0.3) is 5.82 Å². The highest BCUT2D eigenvalue weighted by Gasteiger charge is 2.33. The number of hydrogen-bond acceptors (Lipinski definition) is 6. The van der Waals surface area contributed by atoms with Gasteiger partial charge < -0.3 is 10.2 Å². The van der Waals surface area contributed by atoms with Crippen LogP contribution in [0.5, 0.6) is 0 Å². The Kier molecular flexibility index (Phi) is 5.37. The van der Waals surface area contributed by atoms with Crippen molar-refractivity contribution in [3.8, 4) is 5.82 Å². The van der Waals surface area contributed by atoms with E-state index in [1.807, 2.05) is 7.05 Å². The molecule has 0 saturated heterocycles. The summed E-state index contributed by atoms with van der Waals surface area (Å²) in [5.74, 6) is 0.388. The minimum absolute atomic E-state index is 0.182. The number of amides is 2. The van der Waals surface area contributed by atoms with Gasteiger partial charge in [0.25, 0.3) is 0 Å². The highest BCUT2D eigenvalue weighted by molar-refractivity contribution is 9.10. The number of likely N-dealkylation sites (N-methyl/N-ethyl adjacent to an activating group) is 1. The van der Waals surface area contributed by atoms with E-state index in [2.05, 4.69) is 53.2 Å². The molecule has 4 heterocycles. The first-order valence-electron chi connectivity index (χ1n) is 8.96. The van der Waals surface area contributed by atoms with E-state index in [1.165, 1.54) is 23.4 Å². The average molecular weight is 478 g/mol. The number of aromatic nitrogens is 5. The lowest BCUT2D eigenvalue weighted by molar-refractivity contribution is 0.256. The molecule has 0 aliphatic carbocycles. The largest absolute Gasteiger partial charge is 0.367 e. The molecule has 29 heavy (non-hydrogen) atoms. The summed E-state index contributed by atoms with van der Waals surface area (Å²) in [5, 5.41) is 11.2. The summed E-state index contributed by atoms with van der Waals surface area (Å²) in [6.07, 6.45) is 8.92. The topological polar surface area (TPSA) is 92.1 Å². The van der Waals surface area contributed by atoms with Crippen LogP contribution < -0.4 is 15.1 Å². The number of anilines is 3. The molecule has 2 amide bonds. The monoisotopic (exact) mass is 476 g/mol. The Morgan fingerprint density at radius 1 is 1.31 bits per heavy atom. The van der Waals surface area contributed by atoms with Gasteiger partial charge in [0, 0.05) is 25.8 Å². The van der Waals surface area contributed by atoms with Gasteiger partial charge in [-0.05, 0) is 28.4 Å². The standard InChI is InChI=1S/C18H18BrClN8O/c1-3-12-10-27(15-9-21-8-13(19)16(15)26(12)2)18(29)25-11-6-14(20)17(22-7-11)28-23-4-5-24-28/h4-9,12H,3,10H2,1-2H3,(H,25,29). The van der Waals surface area contributed by atoms with Crippen LogP contribution in [0.2, 0.25) is 5.02 Å². The number of nitrogens with zero attached hydrogens (tertiary/aromatic N) is 7. The van der Waals surface area contributed by atoms with Crippen LogP contribution in [0.15, 0.2) is 41.5 Å². The minimum Gasteiger partial charge on any atom is -0.367 e. The van der Waals surface area contributed by atoms with Crippen LogP contribution in [-0.4, -0.2) is 50.6 Å². The van der Waals surface area contributed by atoms with Crippen molar-refractivity contribution in [3.05, 3.63) is 46.5 Å². The van der Waals surface area contributed by atoms with Crippen molar-refractivity contribution in [2.75, 3.05) is 28.7 Å². The first-order chi connectivity index (χ1) is 14.0. The fraction of sp³-hybridized carbons (Fsp3) is 0.278. The molecule has 0 aromatic carbocycles. The number of rotatable bonds is 3. The quantitative estimate of drug-likeness (QED) is 0.618. The van der Waals surface area contributed by atoms with E-state index >= 15 is 0 Å². The lowest BCUT2D eigenvalue weighted by Crippen LogP contribution is -2.50. The second kappa shape index (κ2) is 7.96. The number of halogens is 2. The van der Waals surface area contributed by atoms with Crippen LogP contribution in [0.3, 0.4) is 0 Å². The zero-order valence-corrected chi connectivity index (χ0v) is 18.1. The number of pyridine rings is 2. The van der Waals surface area contributed by atoms with Crippen molar-refractivity contribution >= 4 is 50.6 Å². The van der Waals surface area contributed by atoms with Crippen LogP contribution in [0.1, 0.15) is 13.3 Å². The molecule has 0 fully saturated rings. The Morgan fingerprint density at radius 2 is 2.07 bits per heavy atom. The van der Waals surface area contributed by atoms with Crippen LogP contribution in [0, 0.1) is 0 Å². The zero-order valence-electron chi connectivity index (χ0n) is 15.8. The van der Waals surface area contributed by atoms with Gasteiger partial charge in [0.15, 0.2) is 5.82 Å². The lowest BCUT2D eigenvalue weighted by Gasteiger charge is -2.41. The molecule has 0 spiro atoms. The maximum absolute atomic E-state index is 13.1. The second-order valence-corrected chi connectivity index (χ2v) is 7.81. The van der Waals surface area contributed by atoms with Crippen molar-refractivity contribution in [1.29, 1.82) is 0 Å². The summed E-state index contributed by atoms with van der Waals surface area (Å²) < 4.78 is 0.842. The number of nitrogens with one attached hydrogen (secondary N) is 1. The van der Waals surface area contributed by atoms with Gasteiger partial charge in [0.1, 0.15) is 0 Å². The van der Waals surface area contributed by atoms with E-state index in [9.17, 15) is 4.79 Å². The van der Waals surface area contributed by atoms with Gasteiger partial charge in [-0.2, -0.15) is 10.2 Å². The molecule has 1 aliphatic rings. The summed E-state index contributed by atoms with van der Waals surface area (Å²) in [4.78, 5) is 26.8. The smallest absolute Gasteiger partial charge is 0.326 e. The van der Waals surface area contributed by atoms with Gasteiger partial charge in [-0.25, -0.2) is 9.78 Å². The molecular weight excluding hydrogens is 460 g/mol. The van der Waals surface area contributed by atoms with Gasteiger partial charge in [0.2, 0.25) is 0 Å². The van der Waals surface area contributed by atoms with Crippen molar-refractivity contribution in [1.82, 2.24) is 25.0 Å². The number of carbonyl (C=O) groups is 1. The second-order valence-electron chi connectivity index (χ2n) is 6.55. The molecule has 11 heteroatoms. The third-order valence-electron chi connectivity index (χ3n) is 4.84. The maximum Gasteiger partial charge on any atom is 0.326 e. The Bertz CT molecular complexity index is 1040. The summed E-state index contributed by atoms with van der Waals surface area (Å²) in [6.45, 7) is 2.64. The Morgan fingerprint density at radius 3 is 2.76 bits per heavy atom. The average Bonchev–Trinajstić information content (AvgIpc) is 3.23. The summed E-state index contributed by atoms with van der Waals surface area (Å²) in [6, 6.07) is 1.53. The molecule has 4 rings (SSSR count). The van der Waals surface area contributed by atoms with E-state index in [0.717, 1.165) is 22.3 Å². The van der Waals surface area contributed by atoms with Crippen molar-refractivity contribution < 1.29 is 4.79 Å².